The zero-order valence-corrected chi connectivity index (χ0v) is 28.1. The van der Waals surface area contributed by atoms with E-state index < -0.39 is 0 Å². The lowest BCUT2D eigenvalue weighted by Crippen LogP contribution is -2.25. The predicted molar refractivity (Wildman–Crippen MR) is 179 cm³/mol. The predicted octanol–water partition coefficient (Wildman–Crippen LogP) is 13.3. The molecule has 0 saturated heterocycles. The van der Waals surface area contributed by atoms with Crippen LogP contribution in [0.25, 0.3) is 0 Å². The molecule has 2 unspecified atom stereocenters. The quantitative estimate of drug-likeness (QED) is 0.0463. The van der Waals surface area contributed by atoms with E-state index in [4.69, 9.17) is 4.74 Å². The molecule has 0 amide bonds. The molecule has 0 aromatic heterocycles. The fourth-order valence-corrected chi connectivity index (χ4v) is 5.86. The minimum absolute atomic E-state index is 0.0940. The Morgan fingerprint density at radius 1 is 0.500 bits per heavy atom. The maximum absolute atomic E-state index is 13.1. The maximum atomic E-state index is 13.1. The number of rotatable bonds is 32. The molecule has 40 heavy (non-hydrogen) atoms. The van der Waals surface area contributed by atoms with E-state index >= 15 is 0 Å². The van der Waals surface area contributed by atoms with Crippen LogP contribution in [0.5, 0.6) is 0 Å². The van der Waals surface area contributed by atoms with Crippen molar-refractivity contribution in [2.45, 2.75) is 207 Å². The smallest absolute Gasteiger partial charge is 0.309 e. The van der Waals surface area contributed by atoms with E-state index in [-0.39, 0.29) is 11.9 Å². The standard InChI is InChI=1S/C38H74O2/c1-5-8-11-14-16-18-20-21-22-23-24-26-28-31-34-37(36(4)33-30-13-10-7-3)38(39)40-35-32-29-27-25-19-17-15-12-9-6-2/h21-22,36-37H,5-20,23-35H2,1-4H3/b22-21-. The summed E-state index contributed by atoms with van der Waals surface area (Å²) >= 11 is 0. The van der Waals surface area contributed by atoms with Gasteiger partial charge in [-0.05, 0) is 50.9 Å². The molecule has 2 nitrogen and oxygen atoms in total. The van der Waals surface area contributed by atoms with Gasteiger partial charge in [-0.3, -0.25) is 4.79 Å². The first-order chi connectivity index (χ1) is 19.7. The maximum Gasteiger partial charge on any atom is 0.309 e. The van der Waals surface area contributed by atoms with E-state index in [9.17, 15) is 4.79 Å². The molecule has 238 valence electrons. The van der Waals surface area contributed by atoms with Gasteiger partial charge in [0, 0.05) is 0 Å². The van der Waals surface area contributed by atoms with E-state index in [0.29, 0.717) is 12.5 Å². The summed E-state index contributed by atoms with van der Waals surface area (Å²) in [5.41, 5.74) is 0. The van der Waals surface area contributed by atoms with Crippen LogP contribution in [0, 0.1) is 11.8 Å². The van der Waals surface area contributed by atoms with Gasteiger partial charge in [0.15, 0.2) is 0 Å². The summed E-state index contributed by atoms with van der Waals surface area (Å²) in [6, 6.07) is 0. The summed E-state index contributed by atoms with van der Waals surface area (Å²) in [6.07, 6.45) is 41.0. The Hall–Kier alpha value is -0.790. The van der Waals surface area contributed by atoms with Crippen LogP contribution in [0.15, 0.2) is 12.2 Å². The summed E-state index contributed by atoms with van der Waals surface area (Å²) in [7, 11) is 0. The number of carbonyl (C=O) groups excluding carboxylic acids is 1. The number of esters is 1. The van der Waals surface area contributed by atoms with Gasteiger partial charge >= 0.3 is 5.97 Å². The molecule has 0 aliphatic carbocycles. The largest absolute Gasteiger partial charge is 0.465 e. The summed E-state index contributed by atoms with van der Waals surface area (Å²) in [4.78, 5) is 13.1. The highest BCUT2D eigenvalue weighted by molar-refractivity contribution is 5.72. The van der Waals surface area contributed by atoms with Crippen molar-refractivity contribution < 1.29 is 9.53 Å². The molecule has 0 spiro atoms. The van der Waals surface area contributed by atoms with Gasteiger partial charge in [0.1, 0.15) is 0 Å². The molecule has 0 aliphatic rings. The summed E-state index contributed by atoms with van der Waals surface area (Å²) in [5.74, 6) is 0.639. The Balaban J connectivity index is 4.09. The van der Waals surface area contributed by atoms with E-state index in [0.717, 1.165) is 12.8 Å². The Morgan fingerprint density at radius 3 is 1.38 bits per heavy atom. The molecular weight excluding hydrogens is 488 g/mol. The monoisotopic (exact) mass is 563 g/mol. The number of carbonyl (C=O) groups is 1. The van der Waals surface area contributed by atoms with Gasteiger partial charge in [-0.2, -0.15) is 0 Å². The van der Waals surface area contributed by atoms with E-state index in [1.54, 1.807) is 0 Å². The van der Waals surface area contributed by atoms with Gasteiger partial charge in [0.25, 0.3) is 0 Å². The van der Waals surface area contributed by atoms with Gasteiger partial charge < -0.3 is 4.74 Å². The first kappa shape index (κ1) is 39.2. The fourth-order valence-electron chi connectivity index (χ4n) is 5.86. The Labute approximate surface area is 253 Å². The van der Waals surface area contributed by atoms with Gasteiger partial charge in [-0.15, -0.1) is 0 Å². The van der Waals surface area contributed by atoms with Crippen molar-refractivity contribution in [1.29, 1.82) is 0 Å². The second-order valence-electron chi connectivity index (χ2n) is 12.8. The van der Waals surface area contributed by atoms with Crippen LogP contribution in [-0.2, 0) is 9.53 Å². The lowest BCUT2D eigenvalue weighted by Gasteiger charge is -2.23. The lowest BCUT2D eigenvalue weighted by atomic mass is 9.85. The van der Waals surface area contributed by atoms with Crippen molar-refractivity contribution >= 4 is 5.97 Å². The van der Waals surface area contributed by atoms with Crippen LogP contribution in [-0.4, -0.2) is 12.6 Å². The van der Waals surface area contributed by atoms with Gasteiger partial charge in [-0.1, -0.05) is 175 Å². The SMILES string of the molecule is CCCCCCCC/C=C\CCCCCCC(C(=O)OCCCCCCCCCCCC)C(C)CCCCCC. The first-order valence-corrected chi connectivity index (χ1v) is 18.5. The van der Waals surface area contributed by atoms with Crippen LogP contribution in [0.3, 0.4) is 0 Å². The third-order valence-corrected chi connectivity index (χ3v) is 8.77. The number of hydrogen-bond acceptors (Lipinski definition) is 2. The molecule has 0 bridgehead atoms. The van der Waals surface area contributed by atoms with Crippen molar-refractivity contribution in [3.63, 3.8) is 0 Å². The molecule has 0 rings (SSSR count). The van der Waals surface area contributed by atoms with E-state index in [2.05, 4.69) is 39.8 Å². The van der Waals surface area contributed by atoms with Gasteiger partial charge in [0.2, 0.25) is 0 Å². The first-order valence-electron chi connectivity index (χ1n) is 18.5. The van der Waals surface area contributed by atoms with Crippen molar-refractivity contribution in [2.75, 3.05) is 6.61 Å². The highest BCUT2D eigenvalue weighted by Crippen LogP contribution is 2.26. The highest BCUT2D eigenvalue weighted by atomic mass is 16.5. The summed E-state index contributed by atoms with van der Waals surface area (Å²) in [6.45, 7) is 9.75. The van der Waals surface area contributed by atoms with E-state index in [1.165, 1.54) is 167 Å². The third-order valence-electron chi connectivity index (χ3n) is 8.77. The van der Waals surface area contributed by atoms with Crippen LogP contribution < -0.4 is 0 Å². The molecular formula is C38H74O2. The summed E-state index contributed by atoms with van der Waals surface area (Å²) < 4.78 is 5.85. The Morgan fingerprint density at radius 2 is 0.875 bits per heavy atom. The average Bonchev–Trinajstić information content (AvgIpc) is 2.96. The van der Waals surface area contributed by atoms with Crippen LogP contribution in [0.1, 0.15) is 207 Å². The van der Waals surface area contributed by atoms with E-state index in [1.807, 2.05) is 0 Å². The minimum Gasteiger partial charge on any atom is -0.465 e. The topological polar surface area (TPSA) is 26.3 Å². The minimum atomic E-state index is 0.0940. The molecule has 0 aromatic carbocycles. The normalized spacial score (nSPS) is 13.2. The molecule has 2 heteroatoms. The van der Waals surface area contributed by atoms with Gasteiger partial charge in [0.05, 0.1) is 12.5 Å². The van der Waals surface area contributed by atoms with Gasteiger partial charge in [-0.25, -0.2) is 0 Å². The zero-order valence-electron chi connectivity index (χ0n) is 28.1. The average molecular weight is 563 g/mol. The van der Waals surface area contributed by atoms with Crippen molar-refractivity contribution in [3.05, 3.63) is 12.2 Å². The highest BCUT2D eigenvalue weighted by Gasteiger charge is 2.25. The lowest BCUT2D eigenvalue weighted by molar-refractivity contribution is -0.151. The van der Waals surface area contributed by atoms with Crippen LogP contribution in [0.2, 0.25) is 0 Å². The molecule has 0 N–H and O–H groups in total. The third kappa shape index (κ3) is 27.4. The summed E-state index contributed by atoms with van der Waals surface area (Å²) in [5, 5.41) is 0. The molecule has 0 saturated carbocycles. The number of ether oxygens (including phenoxy) is 1. The molecule has 0 aromatic rings. The second-order valence-corrected chi connectivity index (χ2v) is 12.8. The number of unbranched alkanes of at least 4 members (excludes halogenated alkanes) is 22. The van der Waals surface area contributed by atoms with Crippen LogP contribution in [0.4, 0.5) is 0 Å². The Kier molecular flexibility index (Phi) is 32.1. The Bertz CT molecular complexity index is 526. The zero-order chi connectivity index (χ0) is 29.4. The molecule has 0 aliphatic heterocycles. The molecule has 0 heterocycles. The molecule has 0 radical (unpaired) electrons. The van der Waals surface area contributed by atoms with Crippen molar-refractivity contribution in [2.24, 2.45) is 11.8 Å². The van der Waals surface area contributed by atoms with Crippen LogP contribution >= 0.6 is 0 Å². The number of allylic oxidation sites excluding steroid dienone is 2. The second kappa shape index (κ2) is 32.7. The number of hydrogen-bond donors (Lipinski definition) is 0. The van der Waals surface area contributed by atoms with Crippen molar-refractivity contribution in [3.8, 4) is 0 Å². The fraction of sp³-hybridized carbons (Fsp3) is 0.921. The molecule has 2 atom stereocenters. The molecule has 0 fully saturated rings. The van der Waals surface area contributed by atoms with Crippen molar-refractivity contribution in [1.82, 2.24) is 0 Å².